The van der Waals surface area contributed by atoms with E-state index in [1.807, 2.05) is 35.0 Å². The van der Waals surface area contributed by atoms with Gasteiger partial charge in [0.05, 0.1) is 31.0 Å². The number of carbonyl (C=O) groups is 2. The van der Waals surface area contributed by atoms with Crippen LogP contribution in [-0.4, -0.2) is 67.2 Å². The minimum absolute atomic E-state index is 0.0126. The maximum atomic E-state index is 12.2. The summed E-state index contributed by atoms with van der Waals surface area (Å²) < 4.78 is 1.89. The number of fused-ring (bicyclic) bond motifs is 2. The van der Waals surface area contributed by atoms with Gasteiger partial charge in [0, 0.05) is 20.6 Å². The van der Waals surface area contributed by atoms with Crippen LogP contribution in [0.15, 0.2) is 30.3 Å². The molecular formula is C18H22N8O2. The number of rotatable bonds is 4. The monoisotopic (exact) mass is 382 g/mol. The van der Waals surface area contributed by atoms with E-state index in [0.717, 1.165) is 22.4 Å². The Morgan fingerprint density at radius 2 is 1.82 bits per heavy atom. The van der Waals surface area contributed by atoms with Gasteiger partial charge in [-0.05, 0) is 18.2 Å². The lowest BCUT2D eigenvalue weighted by atomic mass is 10.3. The normalized spacial score (nSPS) is 13.4. The molecule has 0 fully saturated rings. The third-order valence-electron chi connectivity index (χ3n) is 4.58. The van der Waals surface area contributed by atoms with Crippen molar-refractivity contribution in [2.24, 2.45) is 0 Å². The van der Waals surface area contributed by atoms with E-state index in [0.29, 0.717) is 26.2 Å². The first-order chi connectivity index (χ1) is 13.5. The van der Waals surface area contributed by atoms with Gasteiger partial charge in [0.15, 0.2) is 0 Å². The highest BCUT2D eigenvalue weighted by Crippen LogP contribution is 2.15. The van der Waals surface area contributed by atoms with E-state index in [9.17, 15) is 9.59 Å². The lowest BCUT2D eigenvalue weighted by molar-refractivity contribution is -0.122. The lowest BCUT2D eigenvalue weighted by Crippen LogP contribution is -2.43. The van der Waals surface area contributed by atoms with Crippen molar-refractivity contribution in [3.05, 3.63) is 41.7 Å². The van der Waals surface area contributed by atoms with Crippen LogP contribution >= 0.6 is 0 Å². The topological polar surface area (TPSA) is 101 Å². The number of nitrogens with one attached hydrogen (secondary N) is 1. The van der Waals surface area contributed by atoms with Gasteiger partial charge in [-0.15, -0.1) is 0 Å². The number of aromatic nitrogens is 5. The van der Waals surface area contributed by atoms with Gasteiger partial charge >= 0.3 is 6.03 Å². The zero-order chi connectivity index (χ0) is 19.7. The summed E-state index contributed by atoms with van der Waals surface area (Å²) >= 11 is 0. The molecule has 1 aliphatic rings. The fourth-order valence-corrected chi connectivity index (χ4v) is 3.21. The number of hydrogen-bond donors (Lipinski definition) is 1. The number of carbonyl (C=O) groups excluding carboxylic acids is 2. The van der Waals surface area contributed by atoms with Gasteiger partial charge in [0.25, 0.3) is 0 Å². The molecule has 0 radical (unpaired) electrons. The van der Waals surface area contributed by atoms with E-state index in [1.165, 1.54) is 4.80 Å². The molecule has 0 saturated heterocycles. The van der Waals surface area contributed by atoms with Gasteiger partial charge in [0.2, 0.25) is 5.91 Å². The van der Waals surface area contributed by atoms with Crippen molar-refractivity contribution in [1.29, 1.82) is 0 Å². The van der Waals surface area contributed by atoms with Gasteiger partial charge in [-0.1, -0.05) is 12.1 Å². The van der Waals surface area contributed by atoms with Crippen LogP contribution in [0.25, 0.3) is 11.0 Å². The summed E-state index contributed by atoms with van der Waals surface area (Å²) in [5.74, 6) is -0.185. The van der Waals surface area contributed by atoms with Crippen molar-refractivity contribution in [3.63, 3.8) is 0 Å². The number of hydrogen-bond acceptors (Lipinski definition) is 5. The maximum Gasteiger partial charge on any atom is 0.319 e. The SMILES string of the molecule is CN(C)C(=O)N1CCn2nc(CNC(=O)Cn3nc4ccccc4n3)cc2C1. The smallest absolute Gasteiger partial charge is 0.319 e. The standard InChI is InChI=1S/C18H22N8O2/c1-23(2)18(28)24-7-8-25-14(11-24)9-13(20-25)10-19-17(27)12-26-21-15-5-3-4-6-16(15)22-26/h3-6,9H,7-8,10-12H2,1-2H3,(H,19,27). The lowest BCUT2D eigenvalue weighted by Gasteiger charge is -2.29. The van der Waals surface area contributed by atoms with Crippen molar-refractivity contribution >= 4 is 23.0 Å². The van der Waals surface area contributed by atoms with Crippen LogP contribution in [0.5, 0.6) is 0 Å². The largest absolute Gasteiger partial charge is 0.349 e. The molecule has 1 aliphatic heterocycles. The highest BCUT2D eigenvalue weighted by atomic mass is 16.2. The van der Waals surface area contributed by atoms with Gasteiger partial charge in [-0.3, -0.25) is 9.48 Å². The number of amides is 3. The molecule has 0 spiro atoms. The van der Waals surface area contributed by atoms with Gasteiger partial charge in [-0.2, -0.15) is 20.1 Å². The molecule has 2 aromatic heterocycles. The molecular weight excluding hydrogens is 360 g/mol. The number of urea groups is 1. The average molecular weight is 382 g/mol. The molecule has 3 amide bonds. The second-order valence-electron chi connectivity index (χ2n) is 6.94. The van der Waals surface area contributed by atoms with Crippen molar-refractivity contribution in [2.45, 2.75) is 26.2 Å². The Hall–Kier alpha value is -3.43. The van der Waals surface area contributed by atoms with Crippen LogP contribution in [0.1, 0.15) is 11.4 Å². The molecule has 1 N–H and O–H groups in total. The number of nitrogens with zero attached hydrogens (tertiary/aromatic N) is 7. The predicted octanol–water partition coefficient (Wildman–Crippen LogP) is 0.441. The van der Waals surface area contributed by atoms with Crippen LogP contribution in [-0.2, 0) is 31.0 Å². The molecule has 146 valence electrons. The summed E-state index contributed by atoms with van der Waals surface area (Å²) in [6, 6.07) is 9.40. The summed E-state index contributed by atoms with van der Waals surface area (Å²) in [7, 11) is 3.49. The van der Waals surface area contributed by atoms with Gasteiger partial charge < -0.3 is 15.1 Å². The quantitative estimate of drug-likeness (QED) is 0.706. The molecule has 4 rings (SSSR count). The molecule has 3 heterocycles. The Morgan fingerprint density at radius 1 is 1.11 bits per heavy atom. The van der Waals surface area contributed by atoms with E-state index >= 15 is 0 Å². The van der Waals surface area contributed by atoms with Gasteiger partial charge in [0.1, 0.15) is 17.6 Å². The Morgan fingerprint density at radius 3 is 2.50 bits per heavy atom. The summed E-state index contributed by atoms with van der Waals surface area (Å²) in [4.78, 5) is 29.1. The molecule has 0 bridgehead atoms. The Balaban J connectivity index is 1.34. The Labute approximate surface area is 161 Å². The molecule has 0 saturated carbocycles. The van der Waals surface area contributed by atoms with Gasteiger partial charge in [-0.25, -0.2) is 4.79 Å². The molecule has 3 aromatic rings. The minimum Gasteiger partial charge on any atom is -0.349 e. The second-order valence-corrected chi connectivity index (χ2v) is 6.94. The molecule has 0 atom stereocenters. The third-order valence-corrected chi connectivity index (χ3v) is 4.58. The maximum absolute atomic E-state index is 12.2. The van der Waals surface area contributed by atoms with E-state index in [2.05, 4.69) is 20.6 Å². The van der Waals surface area contributed by atoms with Crippen LogP contribution < -0.4 is 5.32 Å². The van der Waals surface area contributed by atoms with Crippen molar-refractivity contribution < 1.29 is 9.59 Å². The van der Waals surface area contributed by atoms with Crippen LogP contribution in [0.4, 0.5) is 4.79 Å². The molecule has 1 aromatic carbocycles. The molecule has 28 heavy (non-hydrogen) atoms. The first-order valence-electron chi connectivity index (χ1n) is 9.08. The predicted molar refractivity (Wildman–Crippen MR) is 101 cm³/mol. The van der Waals surface area contributed by atoms with Crippen LogP contribution in [0.3, 0.4) is 0 Å². The van der Waals surface area contributed by atoms with Crippen LogP contribution in [0, 0.1) is 0 Å². The molecule has 10 nitrogen and oxygen atoms in total. The number of benzene rings is 1. The highest BCUT2D eigenvalue weighted by molar-refractivity contribution is 5.77. The fourth-order valence-electron chi connectivity index (χ4n) is 3.21. The van der Waals surface area contributed by atoms with Crippen molar-refractivity contribution in [2.75, 3.05) is 20.6 Å². The first-order valence-corrected chi connectivity index (χ1v) is 9.08. The van der Waals surface area contributed by atoms with Crippen LogP contribution in [0.2, 0.25) is 0 Å². The second kappa shape index (κ2) is 7.29. The summed E-state index contributed by atoms with van der Waals surface area (Å²) in [5.41, 5.74) is 3.24. The van der Waals surface area contributed by atoms with E-state index in [1.54, 1.807) is 23.9 Å². The zero-order valence-electron chi connectivity index (χ0n) is 15.9. The average Bonchev–Trinajstić information content (AvgIpc) is 3.27. The first kappa shape index (κ1) is 18.0. The summed E-state index contributed by atoms with van der Waals surface area (Å²) in [6.45, 7) is 2.15. The van der Waals surface area contributed by atoms with Crippen molar-refractivity contribution in [3.8, 4) is 0 Å². The summed E-state index contributed by atoms with van der Waals surface area (Å²) in [6.07, 6.45) is 0. The Kier molecular flexibility index (Phi) is 4.68. The highest BCUT2D eigenvalue weighted by Gasteiger charge is 2.23. The third kappa shape index (κ3) is 3.66. The Bertz CT molecular complexity index is 989. The molecule has 10 heteroatoms. The van der Waals surface area contributed by atoms with Crippen molar-refractivity contribution in [1.82, 2.24) is 39.9 Å². The van der Waals surface area contributed by atoms with E-state index < -0.39 is 0 Å². The molecule has 0 aliphatic carbocycles. The zero-order valence-corrected chi connectivity index (χ0v) is 15.9. The molecule has 0 unspecified atom stereocenters. The van der Waals surface area contributed by atoms with E-state index in [4.69, 9.17) is 0 Å². The fraction of sp³-hybridized carbons (Fsp3) is 0.389. The summed E-state index contributed by atoms with van der Waals surface area (Å²) in [5, 5.41) is 15.9. The van der Waals surface area contributed by atoms with E-state index in [-0.39, 0.29) is 18.5 Å². The minimum atomic E-state index is -0.185.